The third-order valence-electron chi connectivity index (χ3n) is 4.87. The molecule has 0 aliphatic rings. The number of aromatic nitrogens is 3. The normalized spacial score (nSPS) is 11.1. The molecule has 154 valence electrons. The highest BCUT2D eigenvalue weighted by Gasteiger charge is 2.22. The molecule has 0 fully saturated rings. The average molecular weight is 419 g/mol. The van der Waals surface area contributed by atoms with Crippen LogP contribution in [-0.4, -0.2) is 26.7 Å². The van der Waals surface area contributed by atoms with Gasteiger partial charge in [0.25, 0.3) is 11.5 Å². The van der Waals surface area contributed by atoms with Gasteiger partial charge >= 0.3 is 5.69 Å². The van der Waals surface area contributed by atoms with Gasteiger partial charge in [0.15, 0.2) is 0 Å². The average Bonchev–Trinajstić information content (AvgIpc) is 3.09. The van der Waals surface area contributed by atoms with Gasteiger partial charge in [0, 0.05) is 25.7 Å². The van der Waals surface area contributed by atoms with E-state index in [0.29, 0.717) is 34.0 Å². The molecule has 3 aromatic rings. The van der Waals surface area contributed by atoms with E-state index in [1.54, 1.807) is 29.8 Å². The molecule has 9 heteroatoms. The Bertz CT molecular complexity index is 1210. The number of hydrogen-bond donors (Lipinski definition) is 1. The molecule has 1 amide bonds. The molecular formula is C20H23ClN4O4. The molecule has 0 spiro atoms. The summed E-state index contributed by atoms with van der Waals surface area (Å²) in [6.45, 7) is 2.52. The second-order valence-electron chi connectivity index (χ2n) is 6.78. The summed E-state index contributed by atoms with van der Waals surface area (Å²) in [7, 11) is 4.51. The van der Waals surface area contributed by atoms with Crippen molar-refractivity contribution in [2.24, 2.45) is 14.1 Å². The molecule has 3 rings (SSSR count). The number of fused-ring (bicyclic) bond motifs is 1. The summed E-state index contributed by atoms with van der Waals surface area (Å²) in [5.41, 5.74) is 0.247. The number of methoxy groups -OCH3 is 1. The van der Waals surface area contributed by atoms with E-state index in [4.69, 9.17) is 16.3 Å². The van der Waals surface area contributed by atoms with E-state index in [9.17, 15) is 14.4 Å². The summed E-state index contributed by atoms with van der Waals surface area (Å²) in [5, 5.41) is 3.56. The number of nitrogens with zero attached hydrogens (tertiary/aromatic N) is 3. The van der Waals surface area contributed by atoms with E-state index in [0.717, 1.165) is 17.4 Å². The van der Waals surface area contributed by atoms with Crippen LogP contribution in [0.3, 0.4) is 0 Å². The summed E-state index contributed by atoms with van der Waals surface area (Å²) in [6, 6.07) is 6.43. The lowest BCUT2D eigenvalue weighted by atomic mass is 10.2. The first-order valence-electron chi connectivity index (χ1n) is 9.24. The summed E-state index contributed by atoms with van der Waals surface area (Å²) in [4.78, 5) is 38.1. The number of amides is 1. The Morgan fingerprint density at radius 3 is 2.55 bits per heavy atom. The maximum atomic E-state index is 13.1. The quantitative estimate of drug-likeness (QED) is 0.666. The van der Waals surface area contributed by atoms with Crippen molar-refractivity contribution in [2.45, 2.75) is 26.3 Å². The SMILES string of the molecule is CCCCn1c(C(=O)Nc2cc(Cl)ccc2OC)cc2c(=O)n(C)c(=O)n(C)c21. The van der Waals surface area contributed by atoms with E-state index in [2.05, 4.69) is 5.32 Å². The summed E-state index contributed by atoms with van der Waals surface area (Å²) in [5.74, 6) is 0.0367. The highest BCUT2D eigenvalue weighted by atomic mass is 35.5. The molecular weight excluding hydrogens is 396 g/mol. The zero-order valence-electron chi connectivity index (χ0n) is 16.8. The number of unbranched alkanes of at least 4 members (excludes halogenated alkanes) is 1. The molecule has 0 unspecified atom stereocenters. The topological polar surface area (TPSA) is 87.3 Å². The number of anilines is 1. The number of aryl methyl sites for hydroxylation is 2. The fourth-order valence-corrected chi connectivity index (χ4v) is 3.51. The highest BCUT2D eigenvalue weighted by molar-refractivity contribution is 6.31. The molecule has 0 radical (unpaired) electrons. The lowest BCUT2D eigenvalue weighted by Crippen LogP contribution is -2.37. The lowest BCUT2D eigenvalue weighted by Gasteiger charge is -2.14. The molecule has 0 aliphatic carbocycles. The van der Waals surface area contributed by atoms with Crippen LogP contribution in [0.25, 0.3) is 11.0 Å². The molecule has 0 atom stereocenters. The predicted molar refractivity (Wildman–Crippen MR) is 113 cm³/mol. The maximum absolute atomic E-state index is 13.1. The molecule has 1 N–H and O–H groups in total. The van der Waals surface area contributed by atoms with Crippen LogP contribution in [0, 0.1) is 0 Å². The first-order chi connectivity index (χ1) is 13.8. The Kier molecular flexibility index (Phi) is 5.83. The second-order valence-corrected chi connectivity index (χ2v) is 7.21. The first kappa shape index (κ1) is 20.7. The Labute approximate surface area is 172 Å². The van der Waals surface area contributed by atoms with Crippen molar-refractivity contribution in [3.63, 3.8) is 0 Å². The number of carbonyl (C=O) groups is 1. The second kappa shape index (κ2) is 8.16. The Hall–Kier alpha value is -3.00. The maximum Gasteiger partial charge on any atom is 0.332 e. The van der Waals surface area contributed by atoms with E-state index in [-0.39, 0.29) is 5.69 Å². The largest absolute Gasteiger partial charge is 0.495 e. The predicted octanol–water partition coefficient (Wildman–Crippen LogP) is 2.75. The van der Waals surface area contributed by atoms with Crippen molar-refractivity contribution >= 4 is 34.2 Å². The van der Waals surface area contributed by atoms with Crippen molar-refractivity contribution in [1.29, 1.82) is 0 Å². The number of ether oxygens (including phenoxy) is 1. The van der Waals surface area contributed by atoms with Crippen LogP contribution < -0.4 is 21.3 Å². The van der Waals surface area contributed by atoms with Crippen molar-refractivity contribution in [3.05, 3.63) is 55.8 Å². The molecule has 29 heavy (non-hydrogen) atoms. The van der Waals surface area contributed by atoms with Gasteiger partial charge in [-0.1, -0.05) is 24.9 Å². The molecule has 1 aromatic carbocycles. The van der Waals surface area contributed by atoms with Gasteiger partial charge < -0.3 is 14.6 Å². The molecule has 0 saturated heterocycles. The third-order valence-corrected chi connectivity index (χ3v) is 5.11. The fourth-order valence-electron chi connectivity index (χ4n) is 3.34. The Morgan fingerprint density at radius 1 is 1.17 bits per heavy atom. The minimum Gasteiger partial charge on any atom is -0.495 e. The minimum atomic E-state index is -0.443. The van der Waals surface area contributed by atoms with Gasteiger partial charge in [-0.15, -0.1) is 0 Å². The highest BCUT2D eigenvalue weighted by Crippen LogP contribution is 2.28. The standard InChI is InChI=1S/C20H23ClN4O4/c1-5-6-9-25-15(11-13-18(25)23(2)20(28)24(3)19(13)27)17(26)22-14-10-12(21)7-8-16(14)29-4/h7-8,10-11H,5-6,9H2,1-4H3,(H,22,26). The number of nitrogens with one attached hydrogen (secondary N) is 1. The lowest BCUT2D eigenvalue weighted by molar-refractivity contribution is 0.101. The van der Waals surface area contributed by atoms with Crippen LogP contribution in [0.2, 0.25) is 5.02 Å². The molecule has 2 aromatic heterocycles. The Morgan fingerprint density at radius 2 is 1.90 bits per heavy atom. The molecule has 8 nitrogen and oxygen atoms in total. The fraction of sp³-hybridized carbons (Fsp3) is 0.350. The molecule has 0 bridgehead atoms. The number of carbonyl (C=O) groups excluding carboxylic acids is 1. The number of hydrogen-bond acceptors (Lipinski definition) is 4. The van der Waals surface area contributed by atoms with Crippen LogP contribution >= 0.6 is 11.6 Å². The molecule has 0 aliphatic heterocycles. The van der Waals surface area contributed by atoms with Gasteiger partial charge in [0.1, 0.15) is 17.1 Å². The van der Waals surface area contributed by atoms with Crippen LogP contribution in [0.5, 0.6) is 5.75 Å². The van der Waals surface area contributed by atoms with E-state index in [1.807, 2.05) is 6.92 Å². The number of benzene rings is 1. The van der Waals surface area contributed by atoms with E-state index >= 15 is 0 Å². The summed E-state index contributed by atoms with van der Waals surface area (Å²) >= 11 is 6.05. The summed E-state index contributed by atoms with van der Waals surface area (Å²) < 4.78 is 9.43. The van der Waals surface area contributed by atoms with Gasteiger partial charge in [0.05, 0.1) is 18.2 Å². The smallest absolute Gasteiger partial charge is 0.332 e. The third kappa shape index (κ3) is 3.67. The number of rotatable bonds is 6. The van der Waals surface area contributed by atoms with Gasteiger partial charge in [-0.25, -0.2) is 4.79 Å². The van der Waals surface area contributed by atoms with Crippen LogP contribution in [0.15, 0.2) is 33.9 Å². The van der Waals surface area contributed by atoms with Gasteiger partial charge in [-0.2, -0.15) is 0 Å². The van der Waals surface area contributed by atoms with Crippen LogP contribution in [0.1, 0.15) is 30.3 Å². The first-order valence-corrected chi connectivity index (χ1v) is 9.62. The number of halogens is 1. The van der Waals surface area contributed by atoms with Crippen molar-refractivity contribution in [2.75, 3.05) is 12.4 Å². The summed E-state index contributed by atoms with van der Waals surface area (Å²) in [6.07, 6.45) is 1.68. The zero-order chi connectivity index (χ0) is 21.3. The van der Waals surface area contributed by atoms with E-state index in [1.165, 1.54) is 24.8 Å². The minimum absolute atomic E-state index is 0.286. The van der Waals surface area contributed by atoms with Crippen LogP contribution in [0.4, 0.5) is 5.69 Å². The van der Waals surface area contributed by atoms with Gasteiger partial charge in [0.2, 0.25) is 0 Å². The van der Waals surface area contributed by atoms with E-state index < -0.39 is 17.2 Å². The van der Waals surface area contributed by atoms with Gasteiger partial charge in [-0.3, -0.25) is 18.7 Å². The van der Waals surface area contributed by atoms with Crippen molar-refractivity contribution < 1.29 is 9.53 Å². The van der Waals surface area contributed by atoms with Crippen molar-refractivity contribution in [3.8, 4) is 5.75 Å². The molecule has 2 heterocycles. The van der Waals surface area contributed by atoms with Crippen molar-refractivity contribution in [1.82, 2.24) is 13.7 Å². The van der Waals surface area contributed by atoms with Gasteiger partial charge in [-0.05, 0) is 30.7 Å². The monoisotopic (exact) mass is 418 g/mol. The zero-order valence-corrected chi connectivity index (χ0v) is 17.5. The van der Waals surface area contributed by atoms with Crippen LogP contribution in [-0.2, 0) is 20.6 Å². The Balaban J connectivity index is 2.18. The molecule has 0 saturated carbocycles.